The van der Waals surface area contributed by atoms with Gasteiger partial charge < -0.3 is 10.2 Å². The van der Waals surface area contributed by atoms with E-state index in [9.17, 15) is 14.0 Å². The van der Waals surface area contributed by atoms with Crippen LogP contribution in [0.25, 0.3) is 11.1 Å². The number of rotatable bonds is 6. The lowest BCUT2D eigenvalue weighted by molar-refractivity contribution is -0.123. The van der Waals surface area contributed by atoms with Crippen molar-refractivity contribution in [3.8, 4) is 11.1 Å². The molecule has 3 aliphatic rings. The van der Waals surface area contributed by atoms with Gasteiger partial charge in [0.25, 0.3) is 5.91 Å². The van der Waals surface area contributed by atoms with Crippen molar-refractivity contribution in [1.82, 2.24) is 10.2 Å². The zero-order valence-electron chi connectivity index (χ0n) is 19.7. The van der Waals surface area contributed by atoms with Crippen molar-refractivity contribution in [2.75, 3.05) is 19.6 Å². The van der Waals surface area contributed by atoms with Gasteiger partial charge in [-0.15, -0.1) is 0 Å². The SMILES string of the molecule is O=C(NCCC1=CCCCC1)C1CC12CCN(C(=O)c1cccc(-c3ccccc3F)c1)CC2. The molecule has 1 N–H and O–H groups in total. The number of nitrogens with zero attached hydrogens (tertiary/aromatic N) is 1. The monoisotopic (exact) mass is 460 g/mol. The average molecular weight is 461 g/mol. The van der Waals surface area contributed by atoms with Gasteiger partial charge in [0.05, 0.1) is 0 Å². The summed E-state index contributed by atoms with van der Waals surface area (Å²) in [6, 6.07) is 13.8. The molecule has 2 amide bonds. The van der Waals surface area contributed by atoms with Gasteiger partial charge in [-0.05, 0) is 80.5 Å². The standard InChI is InChI=1S/C29H33FN2O2/c30-26-12-5-4-11-24(26)22-9-6-10-23(19-22)28(34)32-17-14-29(15-18-32)20-25(29)27(33)31-16-13-21-7-2-1-3-8-21/h4-7,9-12,19,25H,1-3,8,13-18,20H2,(H,31,33). The number of hydrogen-bond acceptors (Lipinski definition) is 2. The first-order valence-electron chi connectivity index (χ1n) is 12.7. The Morgan fingerprint density at radius 1 is 1.06 bits per heavy atom. The van der Waals surface area contributed by atoms with Crippen LogP contribution in [-0.4, -0.2) is 36.3 Å². The summed E-state index contributed by atoms with van der Waals surface area (Å²) >= 11 is 0. The van der Waals surface area contributed by atoms with Gasteiger partial charge in [-0.3, -0.25) is 9.59 Å². The Morgan fingerprint density at radius 3 is 2.65 bits per heavy atom. The molecule has 4 nitrogen and oxygen atoms in total. The summed E-state index contributed by atoms with van der Waals surface area (Å²) in [5.41, 5.74) is 3.35. The Labute approximate surface area is 201 Å². The third-order valence-electron chi connectivity index (χ3n) is 7.98. The number of likely N-dealkylation sites (tertiary alicyclic amines) is 1. The van der Waals surface area contributed by atoms with E-state index in [0.29, 0.717) is 29.8 Å². The van der Waals surface area contributed by atoms with Gasteiger partial charge in [0.15, 0.2) is 0 Å². The molecular formula is C29H33FN2O2. The maximum absolute atomic E-state index is 14.2. The van der Waals surface area contributed by atoms with Crippen molar-refractivity contribution < 1.29 is 14.0 Å². The molecule has 0 aromatic heterocycles. The van der Waals surface area contributed by atoms with Crippen LogP contribution in [0.1, 0.15) is 61.7 Å². The molecule has 1 heterocycles. The first-order valence-corrected chi connectivity index (χ1v) is 12.7. The van der Waals surface area contributed by atoms with Crippen LogP contribution in [0.2, 0.25) is 0 Å². The van der Waals surface area contributed by atoms with Gasteiger partial charge >= 0.3 is 0 Å². The Kier molecular flexibility index (Phi) is 6.53. The van der Waals surface area contributed by atoms with Gasteiger partial charge in [0.1, 0.15) is 5.82 Å². The molecule has 34 heavy (non-hydrogen) atoms. The molecule has 0 radical (unpaired) electrons. The highest BCUT2D eigenvalue weighted by atomic mass is 19.1. The van der Waals surface area contributed by atoms with Gasteiger partial charge in [-0.1, -0.05) is 42.0 Å². The number of nitrogens with one attached hydrogen (secondary N) is 1. The molecule has 1 unspecified atom stereocenters. The van der Waals surface area contributed by atoms with Crippen LogP contribution in [-0.2, 0) is 4.79 Å². The molecule has 2 fully saturated rings. The maximum atomic E-state index is 14.2. The highest BCUT2D eigenvalue weighted by Crippen LogP contribution is 2.59. The van der Waals surface area contributed by atoms with Crippen LogP contribution in [0.5, 0.6) is 0 Å². The number of hydrogen-bond donors (Lipinski definition) is 1. The zero-order valence-corrected chi connectivity index (χ0v) is 19.7. The van der Waals surface area contributed by atoms with Crippen LogP contribution in [0.15, 0.2) is 60.2 Å². The number of carbonyl (C=O) groups excluding carboxylic acids is 2. The second-order valence-corrected chi connectivity index (χ2v) is 10.1. The number of carbonyl (C=O) groups is 2. The summed E-state index contributed by atoms with van der Waals surface area (Å²) in [5.74, 6) is -0.0285. The van der Waals surface area contributed by atoms with Crippen LogP contribution in [0.3, 0.4) is 0 Å². The maximum Gasteiger partial charge on any atom is 0.253 e. The Balaban J connectivity index is 1.13. The fourth-order valence-corrected chi connectivity index (χ4v) is 5.72. The molecule has 5 rings (SSSR count). The lowest BCUT2D eigenvalue weighted by atomic mass is 9.90. The summed E-state index contributed by atoms with van der Waals surface area (Å²) in [6.07, 6.45) is 10.9. The number of benzene rings is 2. The topological polar surface area (TPSA) is 49.4 Å². The van der Waals surface area contributed by atoms with Crippen molar-refractivity contribution in [2.45, 2.75) is 51.4 Å². The van der Waals surface area contributed by atoms with E-state index < -0.39 is 0 Å². The highest BCUT2D eigenvalue weighted by molar-refractivity contribution is 5.95. The summed E-state index contributed by atoms with van der Waals surface area (Å²) in [7, 11) is 0. The van der Waals surface area contributed by atoms with Crippen molar-refractivity contribution in [3.63, 3.8) is 0 Å². The van der Waals surface area contributed by atoms with Crippen molar-refractivity contribution in [2.24, 2.45) is 11.3 Å². The van der Waals surface area contributed by atoms with E-state index in [1.165, 1.54) is 37.3 Å². The smallest absolute Gasteiger partial charge is 0.253 e. The van der Waals surface area contributed by atoms with E-state index in [1.54, 1.807) is 30.3 Å². The van der Waals surface area contributed by atoms with Crippen LogP contribution < -0.4 is 5.32 Å². The van der Waals surface area contributed by atoms with Crippen LogP contribution in [0.4, 0.5) is 4.39 Å². The number of piperidine rings is 1. The average Bonchev–Trinajstić information content (AvgIpc) is 3.58. The highest BCUT2D eigenvalue weighted by Gasteiger charge is 2.58. The molecule has 0 bridgehead atoms. The second-order valence-electron chi connectivity index (χ2n) is 10.1. The number of allylic oxidation sites excluding steroid dienone is 1. The van der Waals surface area contributed by atoms with Gasteiger partial charge in [-0.25, -0.2) is 4.39 Å². The molecule has 1 spiro atoms. The summed E-state index contributed by atoms with van der Waals surface area (Å²) in [6.45, 7) is 2.07. The molecule has 1 aliphatic heterocycles. The lowest BCUT2D eigenvalue weighted by Gasteiger charge is -2.33. The fourth-order valence-electron chi connectivity index (χ4n) is 5.72. The molecule has 1 saturated carbocycles. The lowest BCUT2D eigenvalue weighted by Crippen LogP contribution is -2.40. The largest absolute Gasteiger partial charge is 0.356 e. The summed E-state index contributed by atoms with van der Waals surface area (Å²) in [5, 5.41) is 3.16. The molecule has 178 valence electrons. The van der Waals surface area contributed by atoms with E-state index in [4.69, 9.17) is 0 Å². The van der Waals surface area contributed by atoms with E-state index in [2.05, 4.69) is 11.4 Å². The fraction of sp³-hybridized carbons (Fsp3) is 0.448. The molecule has 2 aromatic carbocycles. The predicted octanol–water partition coefficient (Wildman–Crippen LogP) is 5.74. The third-order valence-corrected chi connectivity index (χ3v) is 7.98. The Morgan fingerprint density at radius 2 is 1.88 bits per heavy atom. The van der Waals surface area contributed by atoms with Crippen molar-refractivity contribution in [1.29, 1.82) is 0 Å². The van der Waals surface area contributed by atoms with Gasteiger partial charge in [0.2, 0.25) is 5.91 Å². The molecule has 5 heteroatoms. The van der Waals surface area contributed by atoms with Crippen molar-refractivity contribution >= 4 is 11.8 Å². The number of amides is 2. The minimum Gasteiger partial charge on any atom is -0.356 e. The molecule has 1 atom stereocenters. The minimum absolute atomic E-state index is 0.0181. The molecule has 2 aliphatic carbocycles. The van der Waals surface area contributed by atoms with Gasteiger partial charge in [0, 0.05) is 36.7 Å². The summed E-state index contributed by atoms with van der Waals surface area (Å²) < 4.78 is 14.2. The zero-order chi connectivity index (χ0) is 23.5. The molecule has 1 saturated heterocycles. The van der Waals surface area contributed by atoms with Crippen LogP contribution >= 0.6 is 0 Å². The summed E-state index contributed by atoms with van der Waals surface area (Å²) in [4.78, 5) is 27.8. The molecule has 2 aromatic rings. The Bertz CT molecular complexity index is 1100. The first kappa shape index (κ1) is 22.8. The van der Waals surface area contributed by atoms with Gasteiger partial charge in [-0.2, -0.15) is 0 Å². The Hall–Kier alpha value is -2.95. The van der Waals surface area contributed by atoms with E-state index >= 15 is 0 Å². The molecular weight excluding hydrogens is 427 g/mol. The normalized spacial score (nSPS) is 21.1. The van der Waals surface area contributed by atoms with E-state index in [1.807, 2.05) is 17.0 Å². The van der Waals surface area contributed by atoms with E-state index in [-0.39, 0.29) is 29.0 Å². The quantitative estimate of drug-likeness (QED) is 0.559. The first-order chi connectivity index (χ1) is 16.6. The minimum atomic E-state index is -0.291. The van der Waals surface area contributed by atoms with E-state index in [0.717, 1.165) is 32.2 Å². The number of halogens is 1. The second kappa shape index (κ2) is 9.73. The third kappa shape index (κ3) is 4.79. The van der Waals surface area contributed by atoms with Crippen molar-refractivity contribution in [3.05, 3.63) is 71.6 Å². The predicted molar refractivity (Wildman–Crippen MR) is 132 cm³/mol. The van der Waals surface area contributed by atoms with Crippen LogP contribution in [0, 0.1) is 17.2 Å².